The molecule has 0 aliphatic heterocycles. The molecule has 1 spiro atoms. The second-order valence-corrected chi connectivity index (χ2v) is 14.2. The highest BCUT2D eigenvalue weighted by Crippen LogP contribution is 2.65. The van der Waals surface area contributed by atoms with Crippen molar-refractivity contribution in [1.29, 1.82) is 0 Å². The predicted octanol–water partition coefficient (Wildman–Crippen LogP) is 12.5. The molecule has 1 nitrogen and oxygen atoms in total. The zero-order chi connectivity index (χ0) is 31.8. The number of hydrogen-bond acceptors (Lipinski definition) is 1. The van der Waals surface area contributed by atoms with Crippen LogP contribution in [0.4, 0.5) is 0 Å². The maximum atomic E-state index is 11.3. The molecule has 4 bridgehead atoms. The summed E-state index contributed by atoms with van der Waals surface area (Å²) >= 11 is 16.7. The molecule has 9 rings (SSSR count). The van der Waals surface area contributed by atoms with Crippen molar-refractivity contribution in [3.05, 3.63) is 118 Å². The van der Waals surface area contributed by atoms with Gasteiger partial charge in [0, 0.05) is 15.5 Å². The average Bonchev–Trinajstić information content (AvgIpc) is 3.92. The summed E-state index contributed by atoms with van der Waals surface area (Å²) < 4.78 is 0. The first-order chi connectivity index (χ1) is 22.0. The van der Waals surface area contributed by atoms with Crippen LogP contribution < -0.4 is 0 Å². The van der Waals surface area contributed by atoms with Gasteiger partial charge in [0.25, 0.3) is 0 Å². The molecule has 4 aromatic rings. The van der Waals surface area contributed by atoms with Crippen LogP contribution in [0.15, 0.2) is 91.0 Å². The van der Waals surface area contributed by atoms with Crippen molar-refractivity contribution in [2.45, 2.75) is 62.4 Å². The summed E-state index contributed by atoms with van der Waals surface area (Å²) in [5, 5.41) is 12.9. The standard InChI is InChI=1S/C19H19ClO.C19H17Cl.2CH3I/c20-16-5-3-4-14(11-16)17-6-1-2-7-18(17)19(21)12-13-8-9-15(19)10-13;20-14-7-8-18-16(10-14)15-3-1-2-4-17(15)19(18)11-12-5-6-13(19)9-12;2*1-2/h1-7,11,13,15,21H,8-10,12H2;1-4,7-8,10,12-13H,5-6,9,11H2;2*1H3. The summed E-state index contributed by atoms with van der Waals surface area (Å²) in [6.45, 7) is 0. The number of rotatable bonds is 2. The van der Waals surface area contributed by atoms with E-state index < -0.39 is 5.60 Å². The van der Waals surface area contributed by atoms with Crippen LogP contribution in [0, 0.1) is 23.7 Å². The van der Waals surface area contributed by atoms with Gasteiger partial charge in [0.1, 0.15) is 0 Å². The van der Waals surface area contributed by atoms with Crippen LogP contribution in [0.3, 0.4) is 0 Å². The van der Waals surface area contributed by atoms with Gasteiger partial charge < -0.3 is 5.11 Å². The Hall–Kier alpha value is -1.12. The van der Waals surface area contributed by atoms with Crippen molar-refractivity contribution in [1.82, 2.24) is 0 Å². The van der Waals surface area contributed by atoms with Gasteiger partial charge in [-0.2, -0.15) is 0 Å². The van der Waals surface area contributed by atoms with Crippen molar-refractivity contribution >= 4 is 68.4 Å². The fourth-order valence-corrected chi connectivity index (χ4v) is 10.1. The van der Waals surface area contributed by atoms with Crippen molar-refractivity contribution in [2.24, 2.45) is 23.7 Å². The first-order valence-corrected chi connectivity index (χ1v) is 21.3. The quantitative estimate of drug-likeness (QED) is 0.157. The molecule has 0 heterocycles. The highest BCUT2D eigenvalue weighted by molar-refractivity contribution is 14.1. The zero-order valence-electron chi connectivity index (χ0n) is 26.1. The van der Waals surface area contributed by atoms with Crippen LogP contribution in [-0.2, 0) is 11.0 Å². The molecule has 1 N–H and O–H groups in total. The van der Waals surface area contributed by atoms with Gasteiger partial charge in [-0.3, -0.25) is 0 Å². The molecular weight excluding hydrogens is 821 g/mol. The normalized spacial score (nSPS) is 29.1. The maximum absolute atomic E-state index is 11.3. The lowest BCUT2D eigenvalue weighted by Crippen LogP contribution is -2.32. The van der Waals surface area contributed by atoms with Crippen LogP contribution in [0.2, 0.25) is 10.0 Å². The fourth-order valence-electron chi connectivity index (χ4n) is 9.77. The molecule has 0 aromatic heterocycles. The third-order valence-electron chi connectivity index (χ3n) is 11.4. The molecule has 45 heavy (non-hydrogen) atoms. The van der Waals surface area contributed by atoms with Gasteiger partial charge in [-0.05, 0) is 142 Å². The monoisotopic (exact) mass is 862 g/mol. The third kappa shape index (κ3) is 5.94. The molecule has 236 valence electrons. The summed E-state index contributed by atoms with van der Waals surface area (Å²) in [6, 6.07) is 31.8. The summed E-state index contributed by atoms with van der Waals surface area (Å²) in [5.41, 5.74) is 8.89. The van der Waals surface area contributed by atoms with Gasteiger partial charge in [-0.1, -0.05) is 142 Å². The Balaban J connectivity index is 0.000000143. The van der Waals surface area contributed by atoms with Crippen molar-refractivity contribution < 1.29 is 5.11 Å². The lowest BCUT2D eigenvalue weighted by molar-refractivity contribution is -0.0177. The Morgan fingerprint density at radius 1 is 0.578 bits per heavy atom. The van der Waals surface area contributed by atoms with Crippen LogP contribution >= 0.6 is 68.4 Å². The topological polar surface area (TPSA) is 20.2 Å². The van der Waals surface area contributed by atoms with Crippen LogP contribution in [0.5, 0.6) is 0 Å². The molecule has 5 aliphatic rings. The molecule has 0 amide bonds. The lowest BCUT2D eigenvalue weighted by Gasteiger charge is -2.36. The number of hydrogen-bond donors (Lipinski definition) is 1. The Morgan fingerprint density at radius 2 is 1.18 bits per heavy atom. The van der Waals surface area contributed by atoms with E-state index in [0.717, 1.165) is 51.4 Å². The smallest absolute Gasteiger partial charge is 0.0933 e. The molecular formula is C40H42Cl2I2O. The van der Waals surface area contributed by atoms with E-state index in [1.165, 1.54) is 49.7 Å². The SMILES string of the molecule is CI.CI.Clc1ccc2c(c1)-c1ccccc1C21CC2CCC1C2.OC1(c2ccccc2-c2cccc(Cl)c2)CC2CCC1C2. The second-order valence-electron chi connectivity index (χ2n) is 13.3. The number of benzene rings is 4. The minimum atomic E-state index is -0.651. The Morgan fingerprint density at radius 3 is 1.80 bits per heavy atom. The maximum Gasteiger partial charge on any atom is 0.0933 e. The Kier molecular flexibility index (Phi) is 10.6. The fraction of sp³-hybridized carbons (Fsp3) is 0.400. The van der Waals surface area contributed by atoms with E-state index in [1.807, 2.05) is 40.2 Å². The first-order valence-electron chi connectivity index (χ1n) is 16.2. The highest BCUT2D eigenvalue weighted by atomic mass is 127. The molecule has 4 saturated carbocycles. The minimum Gasteiger partial charge on any atom is -0.385 e. The van der Waals surface area contributed by atoms with Gasteiger partial charge in [0.2, 0.25) is 0 Å². The van der Waals surface area contributed by atoms with E-state index in [-0.39, 0.29) is 0 Å². The van der Waals surface area contributed by atoms with E-state index >= 15 is 0 Å². The average molecular weight is 863 g/mol. The van der Waals surface area contributed by atoms with E-state index in [4.69, 9.17) is 23.2 Å². The first kappa shape index (κ1) is 33.8. The van der Waals surface area contributed by atoms with Gasteiger partial charge in [0.05, 0.1) is 5.60 Å². The number of halogens is 4. The van der Waals surface area contributed by atoms with Gasteiger partial charge >= 0.3 is 0 Å². The molecule has 5 heteroatoms. The predicted molar refractivity (Wildman–Crippen MR) is 209 cm³/mol. The summed E-state index contributed by atoms with van der Waals surface area (Å²) in [4.78, 5) is 3.94. The Labute approximate surface area is 306 Å². The number of fused-ring (bicyclic) bond motifs is 10. The summed E-state index contributed by atoms with van der Waals surface area (Å²) in [5.74, 6) is 2.90. The third-order valence-corrected chi connectivity index (χ3v) is 11.8. The summed E-state index contributed by atoms with van der Waals surface area (Å²) in [7, 11) is 0. The van der Waals surface area contributed by atoms with Gasteiger partial charge in [0.15, 0.2) is 0 Å². The molecule has 0 saturated heterocycles. The molecule has 6 unspecified atom stereocenters. The number of aliphatic hydroxyl groups is 1. The van der Waals surface area contributed by atoms with E-state index in [0.29, 0.717) is 17.3 Å². The summed E-state index contributed by atoms with van der Waals surface area (Å²) in [6.07, 6.45) is 10.2. The van der Waals surface area contributed by atoms with Crippen molar-refractivity contribution in [3.8, 4) is 22.3 Å². The second kappa shape index (κ2) is 14.2. The lowest BCUT2D eigenvalue weighted by atomic mass is 9.67. The van der Waals surface area contributed by atoms with Crippen LogP contribution in [-0.4, -0.2) is 15.0 Å². The zero-order valence-corrected chi connectivity index (χ0v) is 31.9. The van der Waals surface area contributed by atoms with Gasteiger partial charge in [-0.25, -0.2) is 0 Å². The minimum absolute atomic E-state index is 0.305. The Bertz CT molecular complexity index is 1660. The van der Waals surface area contributed by atoms with E-state index in [9.17, 15) is 5.11 Å². The van der Waals surface area contributed by atoms with E-state index in [2.05, 4.69) is 106 Å². The van der Waals surface area contributed by atoms with Crippen molar-refractivity contribution in [3.63, 3.8) is 0 Å². The molecule has 4 aromatic carbocycles. The molecule has 6 atom stereocenters. The van der Waals surface area contributed by atoms with Crippen LogP contribution in [0.1, 0.15) is 68.1 Å². The molecule has 0 radical (unpaired) electrons. The largest absolute Gasteiger partial charge is 0.385 e. The highest BCUT2D eigenvalue weighted by Gasteiger charge is 2.56. The van der Waals surface area contributed by atoms with E-state index in [1.54, 1.807) is 11.1 Å². The molecule has 5 aliphatic carbocycles. The van der Waals surface area contributed by atoms with Gasteiger partial charge in [-0.15, -0.1) is 0 Å². The molecule has 4 fully saturated rings. The number of alkyl halides is 2. The van der Waals surface area contributed by atoms with Crippen molar-refractivity contribution in [2.75, 3.05) is 9.86 Å². The van der Waals surface area contributed by atoms with Crippen LogP contribution in [0.25, 0.3) is 22.3 Å².